The van der Waals surface area contributed by atoms with Crippen molar-refractivity contribution in [2.45, 2.75) is 43.8 Å². The van der Waals surface area contributed by atoms with Crippen molar-refractivity contribution in [1.29, 1.82) is 0 Å². The molecule has 0 unspecified atom stereocenters. The molecule has 0 radical (unpaired) electrons. The Morgan fingerprint density at radius 3 is 2.69 bits per heavy atom. The molecule has 2 bridgehead atoms. The molecule has 3 heterocycles. The normalized spacial score (nSPS) is 24.7. The van der Waals surface area contributed by atoms with Crippen LogP contribution >= 0.6 is 0 Å². The number of benzene rings is 1. The zero-order valence-corrected chi connectivity index (χ0v) is 13.7. The molecule has 2 fully saturated rings. The molecule has 2 aliphatic rings. The molecule has 1 aromatic heterocycles. The van der Waals surface area contributed by atoms with Gasteiger partial charge in [0.25, 0.3) is 5.91 Å². The molecular formula is C18H17F3N2O3. The molecule has 0 spiro atoms. The summed E-state index contributed by atoms with van der Waals surface area (Å²) in [6.45, 7) is 0. The lowest BCUT2D eigenvalue weighted by molar-refractivity contribution is -0.274. The number of alkyl halides is 3. The molecular weight excluding hydrogens is 349 g/mol. The summed E-state index contributed by atoms with van der Waals surface area (Å²) in [6.07, 6.45) is -1.77. The fraction of sp³-hybridized carbons (Fsp3) is 0.389. The number of amides is 1. The second kappa shape index (κ2) is 6.35. The SMILES string of the molecule is O=C(N[C@@H]1C[C@H]2CC[C@@H]1N2)c1ccc(-c2ccccc2OC(F)(F)F)o1. The van der Waals surface area contributed by atoms with E-state index in [0.717, 1.165) is 19.3 Å². The van der Waals surface area contributed by atoms with Gasteiger partial charge in [-0.2, -0.15) is 0 Å². The molecule has 2 aliphatic heterocycles. The first kappa shape index (κ1) is 17.0. The van der Waals surface area contributed by atoms with Crippen LogP contribution in [0, 0.1) is 0 Å². The number of nitrogens with one attached hydrogen (secondary N) is 2. The van der Waals surface area contributed by atoms with E-state index in [-0.39, 0.29) is 40.8 Å². The topological polar surface area (TPSA) is 63.5 Å². The number of furan rings is 1. The summed E-state index contributed by atoms with van der Waals surface area (Å²) < 4.78 is 47.2. The number of halogens is 3. The third-order valence-electron chi connectivity index (χ3n) is 4.82. The van der Waals surface area contributed by atoms with Crippen molar-refractivity contribution in [3.05, 3.63) is 42.2 Å². The Kier molecular flexibility index (Phi) is 4.14. The van der Waals surface area contributed by atoms with Crippen LogP contribution in [0.15, 0.2) is 40.8 Å². The number of carbonyl (C=O) groups excluding carboxylic acids is 1. The van der Waals surface area contributed by atoms with Crippen LogP contribution in [0.3, 0.4) is 0 Å². The average molecular weight is 366 g/mol. The van der Waals surface area contributed by atoms with E-state index in [1.54, 1.807) is 6.07 Å². The monoisotopic (exact) mass is 366 g/mol. The van der Waals surface area contributed by atoms with Crippen LogP contribution in [0.2, 0.25) is 0 Å². The van der Waals surface area contributed by atoms with Gasteiger partial charge in [-0.3, -0.25) is 4.79 Å². The number of hydrogen-bond donors (Lipinski definition) is 2. The van der Waals surface area contributed by atoms with E-state index in [1.165, 1.54) is 30.3 Å². The van der Waals surface area contributed by atoms with Gasteiger partial charge in [-0.15, -0.1) is 13.2 Å². The summed E-state index contributed by atoms with van der Waals surface area (Å²) in [5.41, 5.74) is 0.130. The number of rotatable bonds is 4. The van der Waals surface area contributed by atoms with Gasteiger partial charge in [-0.05, 0) is 43.5 Å². The van der Waals surface area contributed by atoms with Gasteiger partial charge in [0.05, 0.1) is 5.56 Å². The number of hydrogen-bond acceptors (Lipinski definition) is 4. The molecule has 8 heteroatoms. The molecule has 2 N–H and O–H groups in total. The summed E-state index contributed by atoms with van der Waals surface area (Å²) >= 11 is 0. The molecule has 26 heavy (non-hydrogen) atoms. The minimum absolute atomic E-state index is 0.0515. The van der Waals surface area contributed by atoms with Crippen molar-refractivity contribution >= 4 is 5.91 Å². The van der Waals surface area contributed by atoms with Crippen molar-refractivity contribution in [3.63, 3.8) is 0 Å². The predicted molar refractivity (Wildman–Crippen MR) is 86.6 cm³/mol. The summed E-state index contributed by atoms with van der Waals surface area (Å²) in [4.78, 5) is 12.4. The molecule has 2 aromatic rings. The van der Waals surface area contributed by atoms with Crippen LogP contribution in [0.25, 0.3) is 11.3 Å². The molecule has 3 atom stereocenters. The first-order chi connectivity index (χ1) is 12.4. The Morgan fingerprint density at radius 2 is 2.00 bits per heavy atom. The van der Waals surface area contributed by atoms with E-state index in [1.807, 2.05) is 0 Å². The van der Waals surface area contributed by atoms with E-state index in [0.29, 0.717) is 6.04 Å². The highest BCUT2D eigenvalue weighted by atomic mass is 19.4. The second-order valence-corrected chi connectivity index (χ2v) is 6.57. The maximum Gasteiger partial charge on any atom is 0.573 e. The lowest BCUT2D eigenvalue weighted by atomic mass is 9.95. The predicted octanol–water partition coefficient (Wildman–Crippen LogP) is 3.47. The Hall–Kier alpha value is -2.48. The molecule has 1 amide bonds. The van der Waals surface area contributed by atoms with Crippen LogP contribution in [0.1, 0.15) is 29.8 Å². The highest BCUT2D eigenvalue weighted by Gasteiger charge is 2.40. The molecule has 1 aromatic carbocycles. The van der Waals surface area contributed by atoms with Crippen molar-refractivity contribution in [2.75, 3.05) is 0 Å². The van der Waals surface area contributed by atoms with Crippen LogP contribution in [0.5, 0.6) is 5.75 Å². The highest BCUT2D eigenvalue weighted by Crippen LogP contribution is 2.35. The van der Waals surface area contributed by atoms with Gasteiger partial charge in [0.15, 0.2) is 5.76 Å². The fourth-order valence-electron chi connectivity index (χ4n) is 3.71. The molecule has 4 rings (SSSR count). The lowest BCUT2D eigenvalue weighted by Crippen LogP contribution is -2.42. The van der Waals surface area contributed by atoms with E-state index >= 15 is 0 Å². The van der Waals surface area contributed by atoms with Crippen molar-refractivity contribution in [1.82, 2.24) is 10.6 Å². The van der Waals surface area contributed by atoms with Gasteiger partial charge in [-0.25, -0.2) is 0 Å². The number of fused-ring (bicyclic) bond motifs is 2. The summed E-state index contributed by atoms with van der Waals surface area (Å²) in [6, 6.07) is 9.35. The van der Waals surface area contributed by atoms with Gasteiger partial charge in [0.2, 0.25) is 0 Å². The quantitative estimate of drug-likeness (QED) is 0.870. The Labute approximate surface area is 147 Å². The zero-order valence-electron chi connectivity index (χ0n) is 13.7. The van der Waals surface area contributed by atoms with Crippen LogP contribution < -0.4 is 15.4 Å². The first-order valence-corrected chi connectivity index (χ1v) is 8.41. The Bertz CT molecular complexity index is 818. The van der Waals surface area contributed by atoms with Crippen molar-refractivity contribution < 1.29 is 27.1 Å². The standard InChI is InChI=1S/C18H17F3N2O3/c19-18(20,21)26-15-4-2-1-3-11(15)14-7-8-16(25-14)17(24)23-13-9-10-5-6-12(13)22-10/h1-4,7-8,10,12-13,22H,5-6,9H2,(H,23,24)/t10-,12+,13-/m1/s1. The third-order valence-corrected chi connectivity index (χ3v) is 4.82. The van der Waals surface area contributed by atoms with E-state index in [2.05, 4.69) is 15.4 Å². The van der Waals surface area contributed by atoms with Crippen molar-refractivity contribution in [2.24, 2.45) is 0 Å². The average Bonchev–Trinajstić information content (AvgIpc) is 3.30. The zero-order chi connectivity index (χ0) is 18.3. The fourth-order valence-corrected chi connectivity index (χ4v) is 3.71. The first-order valence-electron chi connectivity index (χ1n) is 8.41. The van der Waals surface area contributed by atoms with E-state index < -0.39 is 6.36 Å². The van der Waals surface area contributed by atoms with E-state index in [9.17, 15) is 18.0 Å². The van der Waals surface area contributed by atoms with Gasteiger partial charge in [-0.1, -0.05) is 12.1 Å². The van der Waals surface area contributed by atoms with Gasteiger partial charge in [0, 0.05) is 18.1 Å². The molecule has 5 nitrogen and oxygen atoms in total. The number of ether oxygens (including phenoxy) is 1. The van der Waals surface area contributed by atoms with Gasteiger partial charge < -0.3 is 19.8 Å². The lowest BCUT2D eigenvalue weighted by Gasteiger charge is -2.20. The maximum absolute atomic E-state index is 12.5. The highest BCUT2D eigenvalue weighted by molar-refractivity contribution is 5.92. The Morgan fingerprint density at radius 1 is 1.19 bits per heavy atom. The minimum Gasteiger partial charge on any atom is -0.451 e. The van der Waals surface area contributed by atoms with Crippen molar-refractivity contribution in [3.8, 4) is 17.1 Å². The number of para-hydroxylation sites is 1. The van der Waals surface area contributed by atoms with Crippen LogP contribution in [0.4, 0.5) is 13.2 Å². The number of carbonyl (C=O) groups is 1. The largest absolute Gasteiger partial charge is 0.573 e. The summed E-state index contributed by atoms with van der Waals surface area (Å²) in [5, 5.41) is 6.36. The Balaban J connectivity index is 1.50. The van der Waals surface area contributed by atoms with E-state index in [4.69, 9.17) is 4.42 Å². The smallest absolute Gasteiger partial charge is 0.451 e. The third kappa shape index (κ3) is 3.41. The van der Waals surface area contributed by atoms with Gasteiger partial charge in [0.1, 0.15) is 11.5 Å². The molecule has 0 saturated carbocycles. The molecule has 138 valence electrons. The maximum atomic E-state index is 12.5. The minimum atomic E-state index is -4.81. The van der Waals surface area contributed by atoms with Crippen LogP contribution in [-0.2, 0) is 0 Å². The second-order valence-electron chi connectivity index (χ2n) is 6.57. The summed E-state index contributed by atoms with van der Waals surface area (Å²) in [5.74, 6) is -0.547. The molecule has 0 aliphatic carbocycles. The summed E-state index contributed by atoms with van der Waals surface area (Å²) in [7, 11) is 0. The van der Waals surface area contributed by atoms with Gasteiger partial charge >= 0.3 is 6.36 Å². The molecule has 2 saturated heterocycles. The van der Waals surface area contributed by atoms with Crippen LogP contribution in [-0.4, -0.2) is 30.4 Å².